The van der Waals surface area contributed by atoms with Gasteiger partial charge in [0.05, 0.1) is 17.3 Å². The first-order valence-electron chi connectivity index (χ1n) is 6.12. The Morgan fingerprint density at radius 1 is 1.20 bits per heavy atom. The van der Waals surface area contributed by atoms with Crippen LogP contribution in [-0.4, -0.2) is 34.9 Å². The molecule has 0 saturated carbocycles. The van der Waals surface area contributed by atoms with Gasteiger partial charge < -0.3 is 4.74 Å². The highest BCUT2D eigenvalue weighted by Gasteiger charge is 2.12. The number of hydrogen-bond acceptors (Lipinski definition) is 5. The molecule has 1 aromatic carbocycles. The summed E-state index contributed by atoms with van der Waals surface area (Å²) in [6, 6.07) is 4.44. The summed E-state index contributed by atoms with van der Waals surface area (Å²) in [4.78, 5) is 0.0541. The second-order valence-corrected chi connectivity index (χ2v) is 8.41. The molecule has 0 aliphatic carbocycles. The van der Waals surface area contributed by atoms with Crippen molar-refractivity contribution in [3.8, 4) is 5.75 Å². The van der Waals surface area contributed by atoms with E-state index in [-0.39, 0.29) is 23.0 Å². The van der Waals surface area contributed by atoms with E-state index in [1.165, 1.54) is 12.1 Å². The number of aryl methyl sites for hydroxylation is 1. The molecule has 0 radical (unpaired) electrons. The SMILES string of the molecule is CCS(=O)(=O)CCCOc1ccc(S(N)(=O)=O)c(C)c1. The molecule has 0 bridgehead atoms. The molecule has 20 heavy (non-hydrogen) atoms. The smallest absolute Gasteiger partial charge is 0.238 e. The third kappa shape index (κ3) is 5.10. The Morgan fingerprint density at radius 3 is 2.35 bits per heavy atom. The van der Waals surface area contributed by atoms with Crippen LogP contribution in [0.1, 0.15) is 18.9 Å². The zero-order valence-corrected chi connectivity index (χ0v) is 13.1. The Kier molecular flexibility index (Phi) is 5.55. The van der Waals surface area contributed by atoms with E-state index in [9.17, 15) is 16.8 Å². The Morgan fingerprint density at radius 2 is 1.85 bits per heavy atom. The van der Waals surface area contributed by atoms with Gasteiger partial charge in [-0.3, -0.25) is 0 Å². The number of sulfonamides is 1. The molecule has 8 heteroatoms. The molecule has 2 N–H and O–H groups in total. The van der Waals surface area contributed by atoms with Gasteiger partial charge in [0.2, 0.25) is 10.0 Å². The Balaban J connectivity index is 2.61. The molecular formula is C12H19NO5S2. The predicted octanol–water partition coefficient (Wildman–Crippen LogP) is 0.846. The van der Waals surface area contributed by atoms with E-state index in [1.54, 1.807) is 19.9 Å². The van der Waals surface area contributed by atoms with E-state index in [4.69, 9.17) is 9.88 Å². The summed E-state index contributed by atoms with van der Waals surface area (Å²) in [6.45, 7) is 3.48. The van der Waals surface area contributed by atoms with E-state index in [1.807, 2.05) is 0 Å². The summed E-state index contributed by atoms with van der Waals surface area (Å²) < 4.78 is 50.4. The van der Waals surface area contributed by atoms with Crippen LogP contribution in [0.15, 0.2) is 23.1 Å². The van der Waals surface area contributed by atoms with Crippen LogP contribution in [0.3, 0.4) is 0 Å². The van der Waals surface area contributed by atoms with Gasteiger partial charge in [-0.25, -0.2) is 22.0 Å². The van der Waals surface area contributed by atoms with Crippen molar-refractivity contribution < 1.29 is 21.6 Å². The minimum atomic E-state index is -3.73. The van der Waals surface area contributed by atoms with Crippen LogP contribution in [0.5, 0.6) is 5.75 Å². The predicted molar refractivity (Wildman–Crippen MR) is 77.0 cm³/mol. The van der Waals surface area contributed by atoms with Crippen molar-refractivity contribution in [1.29, 1.82) is 0 Å². The van der Waals surface area contributed by atoms with Crippen molar-refractivity contribution in [3.63, 3.8) is 0 Å². The van der Waals surface area contributed by atoms with Crippen LogP contribution in [-0.2, 0) is 19.9 Å². The molecule has 0 heterocycles. The number of hydrogen-bond donors (Lipinski definition) is 1. The highest BCUT2D eigenvalue weighted by molar-refractivity contribution is 7.91. The topological polar surface area (TPSA) is 104 Å². The lowest BCUT2D eigenvalue weighted by Gasteiger charge is -2.09. The minimum Gasteiger partial charge on any atom is -0.494 e. The van der Waals surface area contributed by atoms with Crippen molar-refractivity contribution in [2.75, 3.05) is 18.1 Å². The molecule has 1 rings (SSSR count). The fraction of sp³-hybridized carbons (Fsp3) is 0.500. The Labute approximate surface area is 119 Å². The fourth-order valence-electron chi connectivity index (χ4n) is 1.64. The number of benzene rings is 1. The average molecular weight is 321 g/mol. The van der Waals surface area contributed by atoms with Gasteiger partial charge in [0, 0.05) is 5.75 Å². The van der Waals surface area contributed by atoms with Gasteiger partial charge in [0.1, 0.15) is 15.6 Å². The minimum absolute atomic E-state index is 0.0541. The molecule has 0 aliphatic heterocycles. The first-order valence-corrected chi connectivity index (χ1v) is 9.49. The molecule has 114 valence electrons. The van der Waals surface area contributed by atoms with E-state index in [2.05, 4.69) is 0 Å². The first-order chi connectivity index (χ1) is 9.15. The summed E-state index contributed by atoms with van der Waals surface area (Å²) >= 11 is 0. The summed E-state index contributed by atoms with van der Waals surface area (Å²) in [5, 5.41) is 5.06. The fourth-order valence-corrected chi connectivity index (χ4v) is 3.26. The van der Waals surface area contributed by atoms with Gasteiger partial charge in [-0.1, -0.05) is 6.92 Å². The molecule has 0 unspecified atom stereocenters. The van der Waals surface area contributed by atoms with E-state index >= 15 is 0 Å². The summed E-state index contributed by atoms with van der Waals surface area (Å²) in [5.41, 5.74) is 0.492. The van der Waals surface area contributed by atoms with Gasteiger partial charge >= 0.3 is 0 Å². The molecule has 0 aromatic heterocycles. The molecule has 0 fully saturated rings. The second kappa shape index (κ2) is 6.55. The molecule has 0 spiro atoms. The van der Waals surface area contributed by atoms with Crippen molar-refractivity contribution in [3.05, 3.63) is 23.8 Å². The zero-order valence-electron chi connectivity index (χ0n) is 11.5. The maximum Gasteiger partial charge on any atom is 0.238 e. The first kappa shape index (κ1) is 16.9. The van der Waals surface area contributed by atoms with Crippen LogP contribution >= 0.6 is 0 Å². The lowest BCUT2D eigenvalue weighted by molar-refractivity contribution is 0.317. The monoisotopic (exact) mass is 321 g/mol. The molecular weight excluding hydrogens is 302 g/mol. The maximum atomic E-state index is 11.3. The number of nitrogens with two attached hydrogens (primary N) is 1. The number of primary sulfonamides is 1. The number of ether oxygens (including phenoxy) is 1. The number of sulfone groups is 1. The third-order valence-corrected chi connectivity index (χ3v) is 5.62. The Hall–Kier alpha value is -1.12. The highest BCUT2D eigenvalue weighted by atomic mass is 32.2. The highest BCUT2D eigenvalue weighted by Crippen LogP contribution is 2.20. The normalized spacial score (nSPS) is 12.3. The Bertz CT molecular complexity index is 665. The molecule has 0 aliphatic rings. The second-order valence-electron chi connectivity index (χ2n) is 4.41. The number of rotatable bonds is 7. The molecule has 0 atom stereocenters. The van der Waals surface area contributed by atoms with Gasteiger partial charge in [-0.15, -0.1) is 0 Å². The van der Waals surface area contributed by atoms with Crippen molar-refractivity contribution in [2.24, 2.45) is 5.14 Å². The lowest BCUT2D eigenvalue weighted by atomic mass is 10.2. The van der Waals surface area contributed by atoms with Crippen LogP contribution in [0.2, 0.25) is 0 Å². The van der Waals surface area contributed by atoms with Gasteiger partial charge in [0.15, 0.2) is 0 Å². The third-order valence-electron chi connectivity index (χ3n) is 2.76. The molecule has 0 saturated heterocycles. The van der Waals surface area contributed by atoms with Crippen LogP contribution in [0.25, 0.3) is 0 Å². The van der Waals surface area contributed by atoms with Gasteiger partial charge in [0.25, 0.3) is 0 Å². The van der Waals surface area contributed by atoms with Crippen LogP contribution in [0, 0.1) is 6.92 Å². The van der Waals surface area contributed by atoms with Crippen LogP contribution in [0.4, 0.5) is 0 Å². The zero-order chi connectivity index (χ0) is 15.4. The van der Waals surface area contributed by atoms with Crippen molar-refractivity contribution >= 4 is 19.9 Å². The van der Waals surface area contributed by atoms with Gasteiger partial charge in [-0.2, -0.15) is 0 Å². The molecule has 0 amide bonds. The van der Waals surface area contributed by atoms with Gasteiger partial charge in [-0.05, 0) is 37.1 Å². The van der Waals surface area contributed by atoms with E-state index in [0.717, 1.165) is 0 Å². The summed E-state index contributed by atoms with van der Waals surface area (Å²) in [7, 11) is -6.72. The molecule has 1 aromatic rings. The summed E-state index contributed by atoms with van der Waals surface area (Å²) in [5.74, 6) is 0.691. The van der Waals surface area contributed by atoms with Crippen LogP contribution < -0.4 is 9.88 Å². The maximum absolute atomic E-state index is 11.3. The summed E-state index contributed by atoms with van der Waals surface area (Å²) in [6.07, 6.45) is 0.395. The van der Waals surface area contributed by atoms with Crippen molar-refractivity contribution in [1.82, 2.24) is 0 Å². The molecule has 6 nitrogen and oxygen atoms in total. The van der Waals surface area contributed by atoms with E-state index < -0.39 is 19.9 Å². The lowest BCUT2D eigenvalue weighted by Crippen LogP contribution is -2.14. The average Bonchev–Trinajstić information content (AvgIpc) is 2.33. The quantitative estimate of drug-likeness (QED) is 0.750. The standard InChI is InChI=1S/C12H19NO5S2/c1-3-19(14,15)8-4-7-18-11-5-6-12(10(2)9-11)20(13,16)17/h5-6,9H,3-4,7-8H2,1-2H3,(H2,13,16,17). The largest absolute Gasteiger partial charge is 0.494 e. The van der Waals surface area contributed by atoms with E-state index in [0.29, 0.717) is 17.7 Å². The van der Waals surface area contributed by atoms with Crippen molar-refractivity contribution in [2.45, 2.75) is 25.2 Å².